The van der Waals surface area contributed by atoms with E-state index < -0.39 is 11.6 Å². The van der Waals surface area contributed by atoms with Crippen LogP contribution in [0.25, 0.3) is 0 Å². The third kappa shape index (κ3) is 3.28. The van der Waals surface area contributed by atoms with Gasteiger partial charge in [-0.2, -0.15) is 0 Å². The zero-order valence-electron chi connectivity index (χ0n) is 15.1. The van der Waals surface area contributed by atoms with E-state index >= 15 is 0 Å². The number of nitrogens with zero attached hydrogens (tertiary/aromatic N) is 1. The second-order valence-corrected chi connectivity index (χ2v) is 8.09. The Bertz CT molecular complexity index is 512. The highest BCUT2D eigenvalue weighted by atomic mass is 16.8. The van der Waals surface area contributed by atoms with Gasteiger partial charge in [0.25, 0.3) is 0 Å². The summed E-state index contributed by atoms with van der Waals surface area (Å²) in [5, 5.41) is 0. The third-order valence-corrected chi connectivity index (χ3v) is 5.28. The van der Waals surface area contributed by atoms with Crippen LogP contribution in [-0.2, 0) is 23.7 Å². The van der Waals surface area contributed by atoms with Crippen molar-refractivity contribution in [2.45, 2.75) is 57.6 Å². The van der Waals surface area contributed by atoms with Gasteiger partial charge in [0.1, 0.15) is 12.2 Å². The SMILES string of the molecule is CC1(C)OC[C@@H]2C(CN3CCOCC3)=C[C@H]3OC(C)(C)O[C@H]3[C@@H]2O1. The molecule has 24 heavy (non-hydrogen) atoms. The fraction of sp³-hybridized carbons (Fsp3) is 0.889. The van der Waals surface area contributed by atoms with Crippen LogP contribution in [0.15, 0.2) is 11.6 Å². The van der Waals surface area contributed by atoms with Crippen molar-refractivity contribution in [3.8, 4) is 0 Å². The van der Waals surface area contributed by atoms with Gasteiger partial charge in [0.2, 0.25) is 0 Å². The lowest BCUT2D eigenvalue weighted by molar-refractivity contribution is -0.309. The van der Waals surface area contributed by atoms with Crippen molar-refractivity contribution in [1.82, 2.24) is 4.90 Å². The minimum atomic E-state index is -0.580. The lowest BCUT2D eigenvalue weighted by Crippen LogP contribution is -2.56. The molecule has 1 aliphatic carbocycles. The molecule has 3 heterocycles. The smallest absolute Gasteiger partial charge is 0.164 e. The van der Waals surface area contributed by atoms with E-state index in [1.54, 1.807) is 0 Å². The van der Waals surface area contributed by atoms with Gasteiger partial charge < -0.3 is 23.7 Å². The van der Waals surface area contributed by atoms with Gasteiger partial charge in [-0.1, -0.05) is 6.08 Å². The molecule has 4 aliphatic rings. The largest absolute Gasteiger partial charge is 0.379 e. The molecule has 0 aromatic heterocycles. The maximum absolute atomic E-state index is 6.29. The monoisotopic (exact) mass is 339 g/mol. The number of fused-ring (bicyclic) bond motifs is 3. The molecule has 6 nitrogen and oxygen atoms in total. The van der Waals surface area contributed by atoms with Gasteiger partial charge in [0.05, 0.1) is 25.9 Å². The van der Waals surface area contributed by atoms with Crippen molar-refractivity contribution in [3.63, 3.8) is 0 Å². The predicted octanol–water partition coefficient (Wildman–Crippen LogP) is 1.55. The summed E-state index contributed by atoms with van der Waals surface area (Å²) in [4.78, 5) is 2.44. The fourth-order valence-electron chi connectivity index (χ4n) is 4.17. The summed E-state index contributed by atoms with van der Waals surface area (Å²) in [6.07, 6.45) is 2.11. The van der Waals surface area contributed by atoms with Crippen LogP contribution in [-0.4, -0.2) is 74.2 Å². The zero-order chi connectivity index (χ0) is 16.9. The van der Waals surface area contributed by atoms with E-state index in [4.69, 9.17) is 23.7 Å². The Morgan fingerprint density at radius 1 is 1.00 bits per heavy atom. The standard InChI is InChI=1S/C18H29NO5/c1-17(2)21-11-13-12(10-19-5-7-20-8-6-19)9-14-16(15(13)23-17)24-18(3,4)22-14/h9,13-16H,5-8,10-11H2,1-4H3/t13-,14-,15-,16-/m1/s1. The number of ether oxygens (including phenoxy) is 5. The number of rotatable bonds is 2. The molecule has 0 bridgehead atoms. The van der Waals surface area contributed by atoms with Gasteiger partial charge in [-0.25, -0.2) is 0 Å². The van der Waals surface area contributed by atoms with Crippen LogP contribution in [0.3, 0.4) is 0 Å². The molecule has 6 heteroatoms. The van der Waals surface area contributed by atoms with Gasteiger partial charge >= 0.3 is 0 Å². The quantitative estimate of drug-likeness (QED) is 0.712. The maximum atomic E-state index is 6.29. The van der Waals surface area contributed by atoms with Crippen LogP contribution < -0.4 is 0 Å². The van der Waals surface area contributed by atoms with E-state index in [2.05, 4.69) is 11.0 Å². The van der Waals surface area contributed by atoms with E-state index in [0.29, 0.717) is 6.61 Å². The van der Waals surface area contributed by atoms with Crippen molar-refractivity contribution in [1.29, 1.82) is 0 Å². The van der Waals surface area contributed by atoms with E-state index in [1.807, 2.05) is 27.7 Å². The number of morpholine rings is 1. The highest BCUT2D eigenvalue weighted by molar-refractivity contribution is 5.23. The second kappa shape index (κ2) is 6.04. The predicted molar refractivity (Wildman–Crippen MR) is 87.6 cm³/mol. The molecule has 4 rings (SSSR count). The Morgan fingerprint density at radius 2 is 1.71 bits per heavy atom. The molecule has 0 amide bonds. The zero-order valence-corrected chi connectivity index (χ0v) is 15.1. The first-order valence-electron chi connectivity index (χ1n) is 9.01. The number of hydrogen-bond acceptors (Lipinski definition) is 6. The van der Waals surface area contributed by atoms with Crippen molar-refractivity contribution in [3.05, 3.63) is 11.6 Å². The maximum Gasteiger partial charge on any atom is 0.164 e. The molecular formula is C18H29NO5. The third-order valence-electron chi connectivity index (χ3n) is 5.28. The molecule has 0 aromatic carbocycles. The molecule has 0 saturated carbocycles. The van der Waals surface area contributed by atoms with Crippen molar-refractivity contribution < 1.29 is 23.7 Å². The van der Waals surface area contributed by atoms with E-state index in [1.165, 1.54) is 5.57 Å². The highest BCUT2D eigenvalue weighted by Gasteiger charge is 2.54. The Hall–Kier alpha value is -0.500. The molecule has 136 valence electrons. The lowest BCUT2D eigenvalue weighted by atomic mass is 9.81. The van der Waals surface area contributed by atoms with Gasteiger partial charge in [-0.05, 0) is 33.3 Å². The summed E-state index contributed by atoms with van der Waals surface area (Å²) in [5.74, 6) is -0.931. The average Bonchev–Trinajstić information content (AvgIpc) is 2.82. The minimum absolute atomic E-state index is 0.0263. The molecule has 4 atom stereocenters. The van der Waals surface area contributed by atoms with E-state index in [-0.39, 0.29) is 24.2 Å². The van der Waals surface area contributed by atoms with Crippen LogP contribution in [0.4, 0.5) is 0 Å². The van der Waals surface area contributed by atoms with E-state index in [0.717, 1.165) is 32.8 Å². The molecule has 0 aromatic rings. The van der Waals surface area contributed by atoms with Gasteiger partial charge in [-0.15, -0.1) is 0 Å². The Balaban J connectivity index is 1.58. The normalized spacial score (nSPS) is 41.4. The van der Waals surface area contributed by atoms with Crippen molar-refractivity contribution in [2.75, 3.05) is 39.5 Å². The van der Waals surface area contributed by atoms with Crippen LogP contribution in [0.5, 0.6) is 0 Å². The van der Waals surface area contributed by atoms with Crippen LogP contribution in [0, 0.1) is 5.92 Å². The summed E-state index contributed by atoms with van der Waals surface area (Å²) in [6.45, 7) is 13.0. The minimum Gasteiger partial charge on any atom is -0.379 e. The van der Waals surface area contributed by atoms with Crippen LogP contribution in [0.2, 0.25) is 0 Å². The Labute approximate surface area is 144 Å². The highest BCUT2D eigenvalue weighted by Crippen LogP contribution is 2.43. The Morgan fingerprint density at radius 3 is 2.46 bits per heavy atom. The molecule has 0 N–H and O–H groups in total. The summed E-state index contributed by atoms with van der Waals surface area (Å²) in [6, 6.07) is 0. The van der Waals surface area contributed by atoms with Crippen molar-refractivity contribution >= 4 is 0 Å². The van der Waals surface area contributed by atoms with Crippen molar-refractivity contribution in [2.24, 2.45) is 5.92 Å². The molecule has 3 fully saturated rings. The topological polar surface area (TPSA) is 49.4 Å². The lowest BCUT2D eigenvalue weighted by Gasteiger charge is -2.47. The van der Waals surface area contributed by atoms with Gasteiger partial charge in [-0.3, -0.25) is 4.90 Å². The first kappa shape index (κ1) is 16.9. The first-order chi connectivity index (χ1) is 11.3. The summed E-state index contributed by atoms with van der Waals surface area (Å²) >= 11 is 0. The molecule has 0 radical (unpaired) electrons. The van der Waals surface area contributed by atoms with Gasteiger partial charge in [0, 0.05) is 25.6 Å². The molecular weight excluding hydrogens is 310 g/mol. The Kier molecular flexibility index (Phi) is 4.26. The summed E-state index contributed by atoms with van der Waals surface area (Å²) < 4.78 is 30.0. The molecule has 0 unspecified atom stereocenters. The fourth-order valence-corrected chi connectivity index (χ4v) is 4.17. The van der Waals surface area contributed by atoms with Crippen LogP contribution >= 0.6 is 0 Å². The first-order valence-corrected chi connectivity index (χ1v) is 9.01. The number of hydrogen-bond donors (Lipinski definition) is 0. The molecule has 3 aliphatic heterocycles. The van der Waals surface area contributed by atoms with E-state index in [9.17, 15) is 0 Å². The second-order valence-electron chi connectivity index (χ2n) is 8.09. The summed E-state index contributed by atoms with van der Waals surface area (Å²) in [7, 11) is 0. The molecule has 0 spiro atoms. The van der Waals surface area contributed by atoms with Crippen LogP contribution in [0.1, 0.15) is 27.7 Å². The molecule has 3 saturated heterocycles. The summed E-state index contributed by atoms with van der Waals surface area (Å²) in [5.41, 5.74) is 1.35. The average molecular weight is 339 g/mol. The van der Waals surface area contributed by atoms with Gasteiger partial charge in [0.15, 0.2) is 11.6 Å².